The molecule has 1 unspecified atom stereocenters. The van der Waals surface area contributed by atoms with Crippen molar-refractivity contribution < 1.29 is 14.0 Å². The minimum atomic E-state index is -2.72. The Kier molecular flexibility index (Phi) is 10.6. The van der Waals surface area contributed by atoms with E-state index in [1.807, 2.05) is 0 Å². The van der Waals surface area contributed by atoms with E-state index in [-0.39, 0.29) is 25.5 Å². The van der Waals surface area contributed by atoms with Gasteiger partial charge in [0, 0.05) is 0 Å². The van der Waals surface area contributed by atoms with Crippen molar-refractivity contribution in [2.75, 3.05) is 6.61 Å². The van der Waals surface area contributed by atoms with E-state index >= 15 is 0 Å². The molecule has 0 saturated carbocycles. The summed E-state index contributed by atoms with van der Waals surface area (Å²) in [5.74, 6) is 0. The molecule has 0 spiro atoms. The van der Waals surface area contributed by atoms with Crippen molar-refractivity contribution in [3.63, 3.8) is 0 Å². The molecule has 0 saturated heterocycles. The van der Waals surface area contributed by atoms with Crippen molar-refractivity contribution >= 4 is 27.1 Å². The van der Waals surface area contributed by atoms with Gasteiger partial charge in [-0.3, -0.25) is 4.57 Å². The molecule has 1 N–H and O–H groups in total. The molecule has 0 aliphatic heterocycles. The van der Waals surface area contributed by atoms with Crippen LogP contribution in [-0.4, -0.2) is 30.4 Å². The van der Waals surface area contributed by atoms with Crippen LogP contribution in [-0.2, 0) is 9.09 Å². The van der Waals surface area contributed by atoms with Crippen molar-refractivity contribution in [1.82, 2.24) is 0 Å². The third kappa shape index (κ3) is 9.70. The second-order valence-electron chi connectivity index (χ2n) is 0.866. The molecule has 3 nitrogen and oxygen atoms in total. The first-order chi connectivity index (χ1) is 3.27. The van der Waals surface area contributed by atoms with Gasteiger partial charge in [0.05, 0.1) is 6.61 Å². The Morgan fingerprint density at radius 2 is 2.38 bits per heavy atom. The average molecular weight is 130 g/mol. The van der Waals surface area contributed by atoms with Gasteiger partial charge in [0.2, 0.25) is 0 Å². The van der Waals surface area contributed by atoms with Crippen molar-refractivity contribution in [2.24, 2.45) is 0 Å². The zero-order valence-electron chi connectivity index (χ0n) is 3.76. The SMILES string of the molecule is C=CCO[PH](=O)O.[LiH]. The molecule has 0 amide bonds. The second-order valence-corrected chi connectivity index (χ2v) is 1.69. The number of rotatable bonds is 3. The molecule has 0 aromatic rings. The molecular formula is C3H8LiO3P. The third-order valence-corrected chi connectivity index (χ3v) is 0.738. The molecule has 0 heterocycles. The summed E-state index contributed by atoms with van der Waals surface area (Å²) in [4.78, 5) is 7.96. The zero-order valence-corrected chi connectivity index (χ0v) is 4.76. The first kappa shape index (κ1) is 11.3. The van der Waals surface area contributed by atoms with E-state index in [4.69, 9.17) is 4.89 Å². The van der Waals surface area contributed by atoms with Gasteiger partial charge < -0.3 is 9.42 Å². The van der Waals surface area contributed by atoms with Crippen molar-refractivity contribution in [2.45, 2.75) is 0 Å². The molecule has 5 heteroatoms. The van der Waals surface area contributed by atoms with Crippen LogP contribution in [0.3, 0.4) is 0 Å². The second kappa shape index (κ2) is 7.49. The zero-order chi connectivity index (χ0) is 5.70. The molecule has 0 radical (unpaired) electrons. The fourth-order valence-electron chi connectivity index (χ4n) is 0.130. The third-order valence-electron chi connectivity index (χ3n) is 0.325. The van der Waals surface area contributed by atoms with Crippen LogP contribution in [0, 0.1) is 0 Å². The Morgan fingerprint density at radius 3 is 2.50 bits per heavy atom. The predicted octanol–water partition coefficient (Wildman–Crippen LogP) is -0.0775. The first-order valence-corrected chi connectivity index (χ1v) is 3.00. The van der Waals surface area contributed by atoms with Gasteiger partial charge in [-0.2, -0.15) is 0 Å². The van der Waals surface area contributed by atoms with Gasteiger partial charge >= 0.3 is 27.1 Å². The summed E-state index contributed by atoms with van der Waals surface area (Å²) in [5.41, 5.74) is 0. The maximum absolute atomic E-state index is 9.67. The van der Waals surface area contributed by atoms with E-state index in [1.54, 1.807) is 0 Å². The fraction of sp³-hybridized carbons (Fsp3) is 0.333. The van der Waals surface area contributed by atoms with E-state index in [0.29, 0.717) is 0 Å². The molecule has 0 bridgehead atoms. The van der Waals surface area contributed by atoms with Gasteiger partial charge in [-0.1, -0.05) is 6.08 Å². The molecule has 1 atom stereocenters. The van der Waals surface area contributed by atoms with Crippen LogP contribution < -0.4 is 0 Å². The topological polar surface area (TPSA) is 46.5 Å². The van der Waals surface area contributed by atoms with E-state index in [9.17, 15) is 4.57 Å². The van der Waals surface area contributed by atoms with E-state index in [0.717, 1.165) is 0 Å². The van der Waals surface area contributed by atoms with Crippen LogP contribution in [0.2, 0.25) is 0 Å². The van der Waals surface area contributed by atoms with Crippen molar-refractivity contribution in [3.8, 4) is 0 Å². The molecule has 8 heavy (non-hydrogen) atoms. The van der Waals surface area contributed by atoms with Crippen LogP contribution in [0.25, 0.3) is 0 Å². The molecule has 0 rings (SSSR count). The van der Waals surface area contributed by atoms with E-state index in [2.05, 4.69) is 11.1 Å². The molecule has 0 aliphatic rings. The summed E-state index contributed by atoms with van der Waals surface area (Å²) in [6.45, 7) is 3.42. The summed E-state index contributed by atoms with van der Waals surface area (Å²) in [6.07, 6.45) is 1.42. The summed E-state index contributed by atoms with van der Waals surface area (Å²) in [6, 6.07) is 0. The average Bonchev–Trinajstić information content (AvgIpc) is 1.61. The van der Waals surface area contributed by atoms with Crippen LogP contribution >= 0.6 is 8.25 Å². The molecule has 0 aromatic heterocycles. The summed E-state index contributed by atoms with van der Waals surface area (Å²) >= 11 is 0. The van der Waals surface area contributed by atoms with Gasteiger partial charge in [0.1, 0.15) is 0 Å². The normalized spacial score (nSPS) is 11.6. The minimum absolute atomic E-state index is 0. The summed E-state index contributed by atoms with van der Waals surface area (Å²) in [7, 11) is -2.72. The van der Waals surface area contributed by atoms with Gasteiger partial charge in [-0.15, -0.1) is 6.58 Å². The van der Waals surface area contributed by atoms with Crippen molar-refractivity contribution in [1.29, 1.82) is 0 Å². The van der Waals surface area contributed by atoms with Crippen LogP contribution in [0.4, 0.5) is 0 Å². The Morgan fingerprint density at radius 1 is 1.88 bits per heavy atom. The van der Waals surface area contributed by atoms with E-state index in [1.165, 1.54) is 6.08 Å². The molecule has 0 fully saturated rings. The maximum atomic E-state index is 9.67. The van der Waals surface area contributed by atoms with Gasteiger partial charge in [-0.05, 0) is 0 Å². The van der Waals surface area contributed by atoms with Gasteiger partial charge in [-0.25, -0.2) is 0 Å². The van der Waals surface area contributed by atoms with Crippen LogP contribution in [0.15, 0.2) is 12.7 Å². The van der Waals surface area contributed by atoms with Crippen LogP contribution in [0.5, 0.6) is 0 Å². The molecule has 0 aliphatic carbocycles. The number of hydrogen-bond donors (Lipinski definition) is 1. The Labute approximate surface area is 60.9 Å². The fourth-order valence-corrected chi connectivity index (χ4v) is 0.391. The predicted molar refractivity (Wildman–Crippen MR) is 34.5 cm³/mol. The number of hydrogen-bond acceptors (Lipinski definition) is 2. The molecule has 0 aromatic carbocycles. The molecular weight excluding hydrogens is 122 g/mol. The van der Waals surface area contributed by atoms with E-state index < -0.39 is 8.25 Å². The van der Waals surface area contributed by atoms with Gasteiger partial charge in [0.15, 0.2) is 0 Å². The summed E-state index contributed by atoms with van der Waals surface area (Å²) < 4.78 is 13.8. The standard InChI is InChI=1S/C3H7O3P.Li.H/c1-2-3-6-7(4)5;;/h2,7H,1,3H2,(H,4,5);;. The first-order valence-electron chi connectivity index (χ1n) is 1.74. The Balaban J connectivity index is 0. The molecule has 44 valence electrons. The van der Waals surface area contributed by atoms with Crippen molar-refractivity contribution in [3.05, 3.63) is 12.7 Å². The Bertz CT molecular complexity index is 84.6. The van der Waals surface area contributed by atoms with Crippen LogP contribution in [0.1, 0.15) is 0 Å². The summed E-state index contributed by atoms with van der Waals surface area (Å²) in [5, 5.41) is 0. The quantitative estimate of drug-likeness (QED) is 0.330. The Hall–Kier alpha value is 0.487. The monoisotopic (exact) mass is 130 g/mol. The van der Waals surface area contributed by atoms with Gasteiger partial charge in [0.25, 0.3) is 0 Å².